The molecule has 98 valence electrons. The van der Waals surface area contributed by atoms with E-state index in [1.54, 1.807) is 0 Å². The van der Waals surface area contributed by atoms with Crippen LogP contribution < -0.4 is 5.32 Å². The summed E-state index contributed by atoms with van der Waals surface area (Å²) in [5, 5.41) is 3.19. The third-order valence-electron chi connectivity index (χ3n) is 3.02. The second-order valence-corrected chi connectivity index (χ2v) is 4.79. The zero-order valence-corrected chi connectivity index (χ0v) is 11.2. The molecular formula is C17H19NO. The van der Waals surface area contributed by atoms with E-state index < -0.39 is 0 Å². The maximum Gasteiger partial charge on any atom is 0.150 e. The number of aryl methyl sites for hydroxylation is 1. The van der Waals surface area contributed by atoms with Gasteiger partial charge >= 0.3 is 0 Å². The zero-order valence-electron chi connectivity index (χ0n) is 11.2. The van der Waals surface area contributed by atoms with Gasteiger partial charge in [-0.25, -0.2) is 0 Å². The molecule has 2 nitrogen and oxygen atoms in total. The smallest absolute Gasteiger partial charge is 0.150 e. The van der Waals surface area contributed by atoms with Gasteiger partial charge in [0.15, 0.2) is 5.78 Å². The number of hydrogen-bond acceptors (Lipinski definition) is 2. The van der Waals surface area contributed by atoms with Gasteiger partial charge < -0.3 is 5.32 Å². The lowest BCUT2D eigenvalue weighted by atomic mass is 10.1. The van der Waals surface area contributed by atoms with Crippen LogP contribution in [0.2, 0.25) is 0 Å². The average molecular weight is 253 g/mol. The van der Waals surface area contributed by atoms with E-state index in [1.165, 1.54) is 11.1 Å². The van der Waals surface area contributed by atoms with Crippen LogP contribution in [0.25, 0.3) is 0 Å². The molecule has 2 aromatic carbocycles. The van der Waals surface area contributed by atoms with Crippen molar-refractivity contribution in [3.05, 3.63) is 71.3 Å². The van der Waals surface area contributed by atoms with E-state index in [9.17, 15) is 4.79 Å². The van der Waals surface area contributed by atoms with Gasteiger partial charge in [-0.2, -0.15) is 0 Å². The van der Waals surface area contributed by atoms with E-state index in [1.807, 2.05) is 30.3 Å². The van der Waals surface area contributed by atoms with Gasteiger partial charge in [0.25, 0.3) is 0 Å². The highest BCUT2D eigenvalue weighted by Gasteiger charge is 2.02. The molecule has 0 saturated heterocycles. The monoisotopic (exact) mass is 253 g/mol. The summed E-state index contributed by atoms with van der Waals surface area (Å²) in [4.78, 5) is 11.8. The summed E-state index contributed by atoms with van der Waals surface area (Å²) < 4.78 is 0. The van der Waals surface area contributed by atoms with Gasteiger partial charge in [-0.15, -0.1) is 0 Å². The first kappa shape index (κ1) is 13.5. The Kier molecular flexibility index (Phi) is 4.87. The molecule has 0 saturated carbocycles. The fourth-order valence-corrected chi connectivity index (χ4v) is 1.94. The molecule has 0 bridgehead atoms. The first-order chi connectivity index (χ1) is 9.24. The van der Waals surface area contributed by atoms with E-state index in [0.29, 0.717) is 13.0 Å². The van der Waals surface area contributed by atoms with Crippen LogP contribution >= 0.6 is 0 Å². The van der Waals surface area contributed by atoms with E-state index in [0.717, 1.165) is 12.1 Å². The quantitative estimate of drug-likeness (QED) is 0.857. The standard InChI is InChI=1S/C17H19NO/c1-14-7-9-16(10-8-14)12-18-13-17(19)11-15-5-3-2-4-6-15/h2-10,18H,11-13H2,1H3. The SMILES string of the molecule is Cc1ccc(CNCC(=O)Cc2ccccc2)cc1. The molecule has 0 aliphatic heterocycles. The summed E-state index contributed by atoms with van der Waals surface area (Å²) in [6, 6.07) is 18.2. The zero-order chi connectivity index (χ0) is 13.5. The molecule has 0 aliphatic carbocycles. The minimum Gasteiger partial charge on any atom is -0.306 e. The van der Waals surface area contributed by atoms with Crippen molar-refractivity contribution in [2.24, 2.45) is 0 Å². The Bertz CT molecular complexity index is 517. The number of carbonyl (C=O) groups is 1. The van der Waals surface area contributed by atoms with Crippen molar-refractivity contribution in [3.8, 4) is 0 Å². The van der Waals surface area contributed by atoms with Crippen molar-refractivity contribution in [2.45, 2.75) is 19.9 Å². The normalized spacial score (nSPS) is 10.4. The number of hydrogen-bond donors (Lipinski definition) is 1. The van der Waals surface area contributed by atoms with E-state index >= 15 is 0 Å². The molecule has 0 atom stereocenters. The fourth-order valence-electron chi connectivity index (χ4n) is 1.94. The van der Waals surface area contributed by atoms with Crippen LogP contribution in [0.1, 0.15) is 16.7 Å². The maximum absolute atomic E-state index is 11.8. The molecule has 0 amide bonds. The second-order valence-electron chi connectivity index (χ2n) is 4.79. The topological polar surface area (TPSA) is 29.1 Å². The minimum atomic E-state index is 0.221. The maximum atomic E-state index is 11.8. The van der Waals surface area contributed by atoms with E-state index in [2.05, 4.69) is 36.5 Å². The number of carbonyl (C=O) groups excluding carboxylic acids is 1. The molecule has 2 rings (SSSR count). The highest BCUT2D eigenvalue weighted by Crippen LogP contribution is 2.03. The highest BCUT2D eigenvalue weighted by atomic mass is 16.1. The van der Waals surface area contributed by atoms with Crippen LogP contribution in [0.3, 0.4) is 0 Å². The summed E-state index contributed by atoms with van der Waals surface area (Å²) in [5.41, 5.74) is 3.53. The summed E-state index contributed by atoms with van der Waals surface area (Å²) in [7, 11) is 0. The lowest BCUT2D eigenvalue weighted by molar-refractivity contribution is -0.117. The Hall–Kier alpha value is -1.93. The summed E-state index contributed by atoms with van der Waals surface area (Å²) >= 11 is 0. The van der Waals surface area contributed by atoms with E-state index in [4.69, 9.17) is 0 Å². The van der Waals surface area contributed by atoms with E-state index in [-0.39, 0.29) is 5.78 Å². The Balaban J connectivity index is 1.74. The minimum absolute atomic E-state index is 0.221. The molecule has 0 fully saturated rings. The van der Waals surface area contributed by atoms with Gasteiger partial charge in [0, 0.05) is 13.0 Å². The highest BCUT2D eigenvalue weighted by molar-refractivity contribution is 5.82. The Labute approximate surface area is 114 Å². The van der Waals surface area contributed by atoms with Crippen LogP contribution in [0.15, 0.2) is 54.6 Å². The number of benzene rings is 2. The van der Waals surface area contributed by atoms with Gasteiger partial charge in [0.1, 0.15) is 0 Å². The first-order valence-corrected chi connectivity index (χ1v) is 6.56. The van der Waals surface area contributed by atoms with Crippen LogP contribution in [-0.4, -0.2) is 12.3 Å². The largest absolute Gasteiger partial charge is 0.306 e. The average Bonchev–Trinajstić information content (AvgIpc) is 2.42. The lowest BCUT2D eigenvalue weighted by Gasteiger charge is -2.05. The summed E-state index contributed by atoms with van der Waals surface area (Å²) in [6.45, 7) is 3.23. The Morgan fingerprint density at radius 1 is 0.947 bits per heavy atom. The number of Topliss-reactive ketones (excluding diaryl/α,β-unsaturated/α-hetero) is 1. The molecule has 0 unspecified atom stereocenters. The van der Waals surface area contributed by atoms with Crippen molar-refractivity contribution in [3.63, 3.8) is 0 Å². The third-order valence-corrected chi connectivity index (χ3v) is 3.02. The first-order valence-electron chi connectivity index (χ1n) is 6.56. The van der Waals surface area contributed by atoms with Crippen LogP contribution in [0, 0.1) is 6.92 Å². The molecule has 1 N–H and O–H groups in total. The number of nitrogens with one attached hydrogen (secondary N) is 1. The number of ketones is 1. The fraction of sp³-hybridized carbons (Fsp3) is 0.235. The van der Waals surface area contributed by atoms with Crippen molar-refractivity contribution in [1.82, 2.24) is 5.32 Å². The lowest BCUT2D eigenvalue weighted by Crippen LogP contribution is -2.23. The van der Waals surface area contributed by atoms with Gasteiger partial charge in [0.05, 0.1) is 6.54 Å². The van der Waals surface area contributed by atoms with Crippen LogP contribution in [0.5, 0.6) is 0 Å². The molecule has 2 heteroatoms. The predicted octanol–water partition coefficient (Wildman–Crippen LogP) is 2.90. The summed E-state index contributed by atoms with van der Waals surface area (Å²) in [5.74, 6) is 0.221. The second kappa shape index (κ2) is 6.86. The Morgan fingerprint density at radius 3 is 2.32 bits per heavy atom. The van der Waals surface area contributed by atoms with Gasteiger partial charge in [-0.3, -0.25) is 4.79 Å². The van der Waals surface area contributed by atoms with Gasteiger partial charge in [0.2, 0.25) is 0 Å². The van der Waals surface area contributed by atoms with Gasteiger partial charge in [-0.05, 0) is 18.1 Å². The molecule has 0 aromatic heterocycles. The van der Waals surface area contributed by atoms with Crippen LogP contribution in [0.4, 0.5) is 0 Å². The molecule has 0 aliphatic rings. The van der Waals surface area contributed by atoms with Crippen molar-refractivity contribution >= 4 is 5.78 Å². The summed E-state index contributed by atoms with van der Waals surface area (Å²) in [6.07, 6.45) is 0.502. The molecular weight excluding hydrogens is 234 g/mol. The predicted molar refractivity (Wildman–Crippen MR) is 78.0 cm³/mol. The third kappa shape index (κ3) is 4.68. The molecule has 0 spiro atoms. The van der Waals surface area contributed by atoms with Crippen molar-refractivity contribution in [1.29, 1.82) is 0 Å². The van der Waals surface area contributed by atoms with Gasteiger partial charge in [-0.1, -0.05) is 60.2 Å². The van der Waals surface area contributed by atoms with Crippen LogP contribution in [-0.2, 0) is 17.8 Å². The van der Waals surface area contributed by atoms with Crippen molar-refractivity contribution in [2.75, 3.05) is 6.54 Å². The Morgan fingerprint density at radius 2 is 1.63 bits per heavy atom. The molecule has 0 heterocycles. The van der Waals surface area contributed by atoms with Crippen molar-refractivity contribution < 1.29 is 4.79 Å². The molecule has 2 aromatic rings. The molecule has 0 radical (unpaired) electrons. The molecule has 19 heavy (non-hydrogen) atoms. The number of rotatable bonds is 6.